The molecule has 2 aliphatic rings. The maximum absolute atomic E-state index is 13.8. The minimum atomic E-state index is -0.326. The average Bonchev–Trinajstić information content (AvgIpc) is 3.44. The van der Waals surface area contributed by atoms with Gasteiger partial charge in [0.05, 0.1) is 5.56 Å². The van der Waals surface area contributed by atoms with Crippen molar-refractivity contribution in [2.75, 3.05) is 26.2 Å². The Labute approximate surface area is 157 Å². The fourth-order valence-electron chi connectivity index (χ4n) is 3.47. The number of aryl methyl sites for hydroxylation is 1. The number of benzene rings is 1. The Kier molecular flexibility index (Phi) is 4.97. The van der Waals surface area contributed by atoms with Crippen LogP contribution < -0.4 is 0 Å². The minimum Gasteiger partial charge on any atom is -0.461 e. The van der Waals surface area contributed by atoms with Crippen LogP contribution in [-0.2, 0) is 16.0 Å². The molecule has 0 unspecified atom stereocenters. The van der Waals surface area contributed by atoms with Gasteiger partial charge in [-0.2, -0.15) is 0 Å². The number of nitrogens with zero attached hydrogens (tertiary/aromatic N) is 2. The highest BCUT2D eigenvalue weighted by molar-refractivity contribution is 5.82. The molecule has 0 spiro atoms. The molecule has 1 saturated heterocycles. The first-order valence-electron chi connectivity index (χ1n) is 9.52. The molecule has 27 heavy (non-hydrogen) atoms. The molecule has 0 atom stereocenters. The maximum Gasteiger partial charge on any atom is 0.225 e. The Morgan fingerprint density at radius 1 is 1.00 bits per heavy atom. The molecule has 2 fully saturated rings. The zero-order chi connectivity index (χ0) is 18.8. The van der Waals surface area contributed by atoms with Gasteiger partial charge in [-0.25, -0.2) is 4.39 Å². The summed E-state index contributed by atoms with van der Waals surface area (Å²) in [5.41, 5.74) is 0.423. The average molecular weight is 370 g/mol. The van der Waals surface area contributed by atoms with Crippen LogP contribution in [0.5, 0.6) is 0 Å². The van der Waals surface area contributed by atoms with Gasteiger partial charge in [0, 0.05) is 44.9 Å². The quantitative estimate of drug-likeness (QED) is 0.813. The molecular weight excluding hydrogens is 347 g/mol. The van der Waals surface area contributed by atoms with E-state index in [1.807, 2.05) is 9.80 Å². The van der Waals surface area contributed by atoms with E-state index >= 15 is 0 Å². The number of hydrogen-bond acceptors (Lipinski definition) is 3. The number of piperazine rings is 1. The maximum atomic E-state index is 13.8. The first-order valence-corrected chi connectivity index (χ1v) is 9.52. The molecule has 1 aliphatic carbocycles. The normalized spacial score (nSPS) is 17.2. The fourth-order valence-corrected chi connectivity index (χ4v) is 3.47. The molecule has 2 aromatic rings. The van der Waals surface area contributed by atoms with Crippen LogP contribution in [0.4, 0.5) is 4.39 Å². The van der Waals surface area contributed by atoms with Crippen LogP contribution in [0, 0.1) is 11.7 Å². The van der Waals surface area contributed by atoms with Gasteiger partial charge in [-0.05, 0) is 37.1 Å². The predicted octanol–water partition coefficient (Wildman–Crippen LogP) is 3.10. The highest BCUT2D eigenvalue weighted by Gasteiger charge is 2.35. The number of hydrogen-bond donors (Lipinski definition) is 0. The molecule has 0 radical (unpaired) electrons. The Hall–Kier alpha value is -2.63. The summed E-state index contributed by atoms with van der Waals surface area (Å²) in [4.78, 5) is 28.2. The topological polar surface area (TPSA) is 53.8 Å². The van der Waals surface area contributed by atoms with Gasteiger partial charge < -0.3 is 14.2 Å². The van der Waals surface area contributed by atoms with Crippen LogP contribution >= 0.6 is 0 Å². The molecule has 1 saturated carbocycles. The van der Waals surface area contributed by atoms with Gasteiger partial charge in [0.25, 0.3) is 0 Å². The molecule has 0 N–H and O–H groups in total. The number of carbonyl (C=O) groups excluding carboxylic acids is 2. The van der Waals surface area contributed by atoms with E-state index in [0.29, 0.717) is 56.1 Å². The van der Waals surface area contributed by atoms with E-state index in [9.17, 15) is 14.0 Å². The summed E-state index contributed by atoms with van der Waals surface area (Å²) in [5, 5.41) is 0. The SMILES string of the molecule is O=C(CCc1ccc(-c2ccccc2F)o1)N1CCN(C(=O)C2CC2)CC1. The van der Waals surface area contributed by atoms with Gasteiger partial charge in [0.15, 0.2) is 0 Å². The minimum absolute atomic E-state index is 0.0670. The van der Waals surface area contributed by atoms with E-state index in [4.69, 9.17) is 4.42 Å². The predicted molar refractivity (Wildman–Crippen MR) is 98.3 cm³/mol. The zero-order valence-electron chi connectivity index (χ0n) is 15.2. The lowest BCUT2D eigenvalue weighted by Gasteiger charge is -2.35. The summed E-state index contributed by atoms with van der Waals surface area (Å²) < 4.78 is 19.5. The summed E-state index contributed by atoms with van der Waals surface area (Å²) in [6.07, 6.45) is 2.85. The van der Waals surface area contributed by atoms with Crippen molar-refractivity contribution in [2.24, 2.45) is 5.92 Å². The largest absolute Gasteiger partial charge is 0.461 e. The Morgan fingerprint density at radius 2 is 1.70 bits per heavy atom. The van der Waals surface area contributed by atoms with Crippen molar-refractivity contribution in [1.82, 2.24) is 9.80 Å². The van der Waals surface area contributed by atoms with Gasteiger partial charge >= 0.3 is 0 Å². The molecule has 1 aromatic heterocycles. The van der Waals surface area contributed by atoms with Crippen LogP contribution in [0.25, 0.3) is 11.3 Å². The van der Waals surface area contributed by atoms with E-state index in [0.717, 1.165) is 12.8 Å². The van der Waals surface area contributed by atoms with Gasteiger partial charge in [-0.3, -0.25) is 9.59 Å². The van der Waals surface area contributed by atoms with Crippen LogP contribution in [0.3, 0.4) is 0 Å². The summed E-state index contributed by atoms with van der Waals surface area (Å²) in [7, 11) is 0. The zero-order valence-corrected chi connectivity index (χ0v) is 15.2. The lowest BCUT2D eigenvalue weighted by molar-refractivity contribution is -0.140. The molecule has 2 heterocycles. The fraction of sp³-hybridized carbons (Fsp3) is 0.429. The molecule has 6 heteroatoms. The summed E-state index contributed by atoms with van der Waals surface area (Å²) in [6, 6.07) is 10.00. The van der Waals surface area contributed by atoms with Crippen LogP contribution in [0.1, 0.15) is 25.0 Å². The van der Waals surface area contributed by atoms with E-state index in [2.05, 4.69) is 0 Å². The summed E-state index contributed by atoms with van der Waals surface area (Å²) >= 11 is 0. The van der Waals surface area contributed by atoms with Gasteiger partial charge in [0.2, 0.25) is 11.8 Å². The Bertz CT molecular complexity index is 835. The third-order valence-corrected chi connectivity index (χ3v) is 5.26. The number of rotatable bonds is 5. The molecule has 1 aromatic carbocycles. The van der Waals surface area contributed by atoms with Gasteiger partial charge in [0.1, 0.15) is 17.3 Å². The van der Waals surface area contributed by atoms with E-state index < -0.39 is 0 Å². The molecule has 0 bridgehead atoms. The number of furan rings is 1. The number of halogens is 1. The van der Waals surface area contributed by atoms with Crippen molar-refractivity contribution in [3.63, 3.8) is 0 Å². The van der Waals surface area contributed by atoms with Crippen molar-refractivity contribution < 1.29 is 18.4 Å². The summed E-state index contributed by atoms with van der Waals surface area (Å²) in [6.45, 7) is 2.43. The smallest absolute Gasteiger partial charge is 0.225 e. The van der Waals surface area contributed by atoms with Gasteiger partial charge in [-0.15, -0.1) is 0 Å². The lowest BCUT2D eigenvalue weighted by Crippen LogP contribution is -2.51. The van der Waals surface area contributed by atoms with E-state index in [1.165, 1.54) is 6.07 Å². The Morgan fingerprint density at radius 3 is 2.41 bits per heavy atom. The molecule has 2 amide bonds. The second kappa shape index (κ2) is 7.55. The third-order valence-electron chi connectivity index (χ3n) is 5.26. The van der Waals surface area contributed by atoms with E-state index in [-0.39, 0.29) is 23.5 Å². The van der Waals surface area contributed by atoms with Crippen molar-refractivity contribution in [1.29, 1.82) is 0 Å². The van der Waals surface area contributed by atoms with Crippen molar-refractivity contribution in [3.05, 3.63) is 48.0 Å². The number of amides is 2. The molecule has 5 nitrogen and oxygen atoms in total. The molecular formula is C21H23FN2O3. The summed E-state index contributed by atoms with van der Waals surface area (Å²) in [5.74, 6) is 1.37. The number of carbonyl (C=O) groups is 2. The third kappa shape index (κ3) is 4.04. The van der Waals surface area contributed by atoms with Crippen molar-refractivity contribution in [3.8, 4) is 11.3 Å². The first-order chi connectivity index (χ1) is 13.1. The van der Waals surface area contributed by atoms with Crippen molar-refractivity contribution in [2.45, 2.75) is 25.7 Å². The highest BCUT2D eigenvalue weighted by Crippen LogP contribution is 2.31. The van der Waals surface area contributed by atoms with Crippen LogP contribution in [0.15, 0.2) is 40.8 Å². The molecule has 142 valence electrons. The van der Waals surface area contributed by atoms with Crippen molar-refractivity contribution >= 4 is 11.8 Å². The monoisotopic (exact) mass is 370 g/mol. The Balaban J connectivity index is 1.27. The van der Waals surface area contributed by atoms with Crippen LogP contribution in [0.2, 0.25) is 0 Å². The van der Waals surface area contributed by atoms with Crippen LogP contribution in [-0.4, -0.2) is 47.8 Å². The standard InChI is InChI=1S/C21H23FN2O3/c22-18-4-2-1-3-17(18)19-9-7-16(27-19)8-10-20(25)23-11-13-24(14-12-23)21(26)15-5-6-15/h1-4,7,9,15H,5-6,8,10-14H2. The second-order valence-corrected chi connectivity index (χ2v) is 7.23. The first kappa shape index (κ1) is 17.8. The lowest BCUT2D eigenvalue weighted by atomic mass is 10.1. The van der Waals surface area contributed by atoms with Gasteiger partial charge in [-0.1, -0.05) is 12.1 Å². The second-order valence-electron chi connectivity index (χ2n) is 7.23. The molecule has 4 rings (SSSR count). The highest BCUT2D eigenvalue weighted by atomic mass is 19.1. The van der Waals surface area contributed by atoms with E-state index in [1.54, 1.807) is 30.3 Å². The molecule has 1 aliphatic heterocycles.